The summed E-state index contributed by atoms with van der Waals surface area (Å²) in [6.45, 7) is -0.239. The zero-order valence-electron chi connectivity index (χ0n) is 10.7. The molecule has 1 aliphatic rings. The second kappa shape index (κ2) is 5.72. The molecule has 0 radical (unpaired) electrons. The maximum atomic E-state index is 13.6. The molecule has 7 nitrogen and oxygen atoms in total. The van der Waals surface area contributed by atoms with E-state index < -0.39 is 18.4 Å². The number of likely N-dealkylation sites (tertiary alicyclic amines) is 1. The number of amides is 2. The van der Waals surface area contributed by atoms with Crippen molar-refractivity contribution in [2.75, 3.05) is 20.1 Å². The summed E-state index contributed by atoms with van der Waals surface area (Å²) in [5.41, 5.74) is 0.218. The van der Waals surface area contributed by atoms with E-state index in [0.29, 0.717) is 0 Å². The molecule has 1 saturated heterocycles. The molecule has 0 saturated carbocycles. The second-order valence-corrected chi connectivity index (χ2v) is 4.32. The lowest BCUT2D eigenvalue weighted by molar-refractivity contribution is 0.0957. The number of carbonyl (C=O) groups excluding carboxylic acids is 1. The average Bonchev–Trinajstić information content (AvgIpc) is 2.80. The number of carboxylic acid groups (broad SMARTS) is 1. The first-order valence-electron chi connectivity index (χ1n) is 5.98. The highest BCUT2D eigenvalue weighted by molar-refractivity contribution is 5.91. The van der Waals surface area contributed by atoms with Crippen molar-refractivity contribution in [2.45, 2.75) is 12.3 Å². The van der Waals surface area contributed by atoms with Crippen molar-refractivity contribution in [1.82, 2.24) is 15.2 Å². The van der Waals surface area contributed by atoms with Gasteiger partial charge in [-0.3, -0.25) is 4.79 Å². The molecule has 2 N–H and O–H groups in total. The van der Waals surface area contributed by atoms with E-state index in [9.17, 15) is 14.0 Å². The van der Waals surface area contributed by atoms with Crippen LogP contribution in [0.4, 0.5) is 9.18 Å². The molecule has 0 bridgehead atoms. The summed E-state index contributed by atoms with van der Waals surface area (Å²) < 4.78 is 19.0. The van der Waals surface area contributed by atoms with Gasteiger partial charge in [0, 0.05) is 7.05 Å². The third-order valence-corrected chi connectivity index (χ3v) is 2.95. The summed E-state index contributed by atoms with van der Waals surface area (Å²) >= 11 is 0. The molecule has 1 aromatic heterocycles. The molecule has 2 amide bonds. The highest BCUT2D eigenvalue weighted by atomic mass is 19.1. The first kappa shape index (κ1) is 14.0. The SMILES string of the molecule is CNC(=O)c1ccc(O[C@@H]2CN(C(=O)O)C[C@@H]2F)cn1. The van der Waals surface area contributed by atoms with Gasteiger partial charge in [0.2, 0.25) is 0 Å². The van der Waals surface area contributed by atoms with E-state index in [0.717, 1.165) is 4.90 Å². The summed E-state index contributed by atoms with van der Waals surface area (Å²) in [6.07, 6.45) is -2.11. The molecule has 1 aromatic rings. The van der Waals surface area contributed by atoms with E-state index in [1.165, 1.54) is 25.4 Å². The van der Waals surface area contributed by atoms with Gasteiger partial charge in [-0.1, -0.05) is 0 Å². The molecule has 0 spiro atoms. The fourth-order valence-corrected chi connectivity index (χ4v) is 1.89. The summed E-state index contributed by atoms with van der Waals surface area (Å²) in [5, 5.41) is 11.2. The number of pyridine rings is 1. The van der Waals surface area contributed by atoms with Crippen LogP contribution in [0.3, 0.4) is 0 Å². The van der Waals surface area contributed by atoms with E-state index in [1.807, 2.05) is 0 Å². The Kier molecular flexibility index (Phi) is 4.02. The molecule has 1 aliphatic heterocycles. The van der Waals surface area contributed by atoms with Gasteiger partial charge < -0.3 is 20.1 Å². The lowest BCUT2D eigenvalue weighted by atomic mass is 10.3. The number of halogens is 1. The van der Waals surface area contributed by atoms with Crippen LogP contribution in [0.15, 0.2) is 18.3 Å². The minimum Gasteiger partial charge on any atom is -0.484 e. The predicted molar refractivity (Wildman–Crippen MR) is 66.5 cm³/mol. The first-order valence-corrected chi connectivity index (χ1v) is 5.98. The van der Waals surface area contributed by atoms with Gasteiger partial charge in [0.1, 0.15) is 17.5 Å². The molecule has 108 valence electrons. The largest absolute Gasteiger partial charge is 0.484 e. The average molecular weight is 283 g/mol. The minimum atomic E-state index is -1.38. The number of ether oxygens (including phenoxy) is 1. The van der Waals surface area contributed by atoms with E-state index in [4.69, 9.17) is 9.84 Å². The molecule has 8 heteroatoms. The smallest absolute Gasteiger partial charge is 0.407 e. The number of nitrogens with one attached hydrogen (secondary N) is 1. The van der Waals surface area contributed by atoms with Crippen LogP contribution in [-0.2, 0) is 0 Å². The van der Waals surface area contributed by atoms with E-state index in [2.05, 4.69) is 10.3 Å². The zero-order chi connectivity index (χ0) is 14.7. The van der Waals surface area contributed by atoms with E-state index >= 15 is 0 Å². The van der Waals surface area contributed by atoms with Crippen LogP contribution in [0.25, 0.3) is 0 Å². The maximum Gasteiger partial charge on any atom is 0.407 e. The fourth-order valence-electron chi connectivity index (χ4n) is 1.89. The van der Waals surface area contributed by atoms with Crippen LogP contribution < -0.4 is 10.1 Å². The topological polar surface area (TPSA) is 91.8 Å². The number of alkyl halides is 1. The summed E-state index contributed by atoms with van der Waals surface area (Å²) in [5.74, 6) is -0.0459. The van der Waals surface area contributed by atoms with Gasteiger partial charge >= 0.3 is 6.09 Å². The van der Waals surface area contributed by atoms with Crippen molar-refractivity contribution in [3.63, 3.8) is 0 Å². The van der Waals surface area contributed by atoms with Crippen molar-refractivity contribution >= 4 is 12.0 Å². The molecule has 0 unspecified atom stereocenters. The van der Waals surface area contributed by atoms with Crippen LogP contribution >= 0.6 is 0 Å². The second-order valence-electron chi connectivity index (χ2n) is 4.32. The van der Waals surface area contributed by atoms with Gasteiger partial charge in [-0.05, 0) is 12.1 Å². The standard InChI is InChI=1S/C12H14FN3O4/c1-14-11(17)9-3-2-7(4-15-9)20-10-6-16(12(18)19)5-8(10)13/h2-4,8,10H,5-6H2,1H3,(H,14,17)(H,18,19)/t8-,10+/m0/s1. The number of rotatable bonds is 3. The third-order valence-electron chi connectivity index (χ3n) is 2.95. The van der Waals surface area contributed by atoms with Gasteiger partial charge in [-0.15, -0.1) is 0 Å². The lowest BCUT2D eigenvalue weighted by Crippen LogP contribution is -2.29. The highest BCUT2D eigenvalue weighted by Crippen LogP contribution is 2.20. The Morgan fingerprint density at radius 3 is 2.75 bits per heavy atom. The Morgan fingerprint density at radius 1 is 1.50 bits per heavy atom. The third kappa shape index (κ3) is 2.95. The Hall–Kier alpha value is -2.38. The van der Waals surface area contributed by atoms with Crippen LogP contribution in [0.5, 0.6) is 5.75 Å². The molecule has 2 atom stereocenters. The predicted octanol–water partition coefficient (Wildman–Crippen LogP) is 0.520. The Bertz CT molecular complexity index is 508. The molecule has 20 heavy (non-hydrogen) atoms. The van der Waals surface area contributed by atoms with E-state index in [-0.39, 0.29) is 30.4 Å². The number of hydrogen-bond donors (Lipinski definition) is 2. The molecule has 2 heterocycles. The van der Waals surface area contributed by atoms with Crippen LogP contribution in [-0.4, -0.2) is 59.4 Å². The summed E-state index contributed by atoms with van der Waals surface area (Å²) in [4.78, 5) is 26.9. The van der Waals surface area contributed by atoms with Crippen LogP contribution in [0.2, 0.25) is 0 Å². The fraction of sp³-hybridized carbons (Fsp3) is 0.417. The van der Waals surface area contributed by atoms with Crippen molar-refractivity contribution in [2.24, 2.45) is 0 Å². The molecule has 1 fully saturated rings. The molecule has 0 aromatic carbocycles. The van der Waals surface area contributed by atoms with Crippen LogP contribution in [0.1, 0.15) is 10.5 Å². The maximum absolute atomic E-state index is 13.6. The summed E-state index contributed by atoms with van der Waals surface area (Å²) in [7, 11) is 1.49. The van der Waals surface area contributed by atoms with Crippen molar-refractivity contribution in [3.05, 3.63) is 24.0 Å². The zero-order valence-corrected chi connectivity index (χ0v) is 10.7. The number of carbonyl (C=O) groups is 2. The highest BCUT2D eigenvalue weighted by Gasteiger charge is 2.37. The quantitative estimate of drug-likeness (QED) is 0.843. The molecule has 0 aliphatic carbocycles. The van der Waals surface area contributed by atoms with Gasteiger partial charge in [0.15, 0.2) is 6.17 Å². The number of hydrogen-bond acceptors (Lipinski definition) is 4. The lowest BCUT2D eigenvalue weighted by Gasteiger charge is -2.15. The summed E-state index contributed by atoms with van der Waals surface area (Å²) in [6, 6.07) is 2.94. The Balaban J connectivity index is 2.00. The molecular formula is C12H14FN3O4. The van der Waals surface area contributed by atoms with Gasteiger partial charge in [-0.25, -0.2) is 14.2 Å². The Morgan fingerprint density at radius 2 is 2.25 bits per heavy atom. The van der Waals surface area contributed by atoms with Gasteiger partial charge in [0.05, 0.1) is 19.3 Å². The van der Waals surface area contributed by atoms with Crippen molar-refractivity contribution < 1.29 is 23.8 Å². The van der Waals surface area contributed by atoms with E-state index in [1.54, 1.807) is 0 Å². The number of nitrogens with zero attached hydrogens (tertiary/aromatic N) is 2. The first-order chi connectivity index (χ1) is 9.51. The van der Waals surface area contributed by atoms with Crippen LogP contribution in [0, 0.1) is 0 Å². The molecular weight excluding hydrogens is 269 g/mol. The normalized spacial score (nSPS) is 21.6. The Labute approximate surface area is 114 Å². The number of aromatic nitrogens is 1. The van der Waals surface area contributed by atoms with Gasteiger partial charge in [-0.2, -0.15) is 0 Å². The van der Waals surface area contributed by atoms with Crippen molar-refractivity contribution in [3.8, 4) is 5.75 Å². The van der Waals surface area contributed by atoms with Crippen molar-refractivity contribution in [1.29, 1.82) is 0 Å². The molecule has 2 rings (SSSR count). The van der Waals surface area contributed by atoms with Gasteiger partial charge in [0.25, 0.3) is 5.91 Å². The monoisotopic (exact) mass is 283 g/mol. The minimum absolute atomic E-state index is 0.0340.